The average Bonchev–Trinajstić information content (AvgIpc) is 0.722. The molecule has 0 rings (SSSR count). The molecule has 12 heavy (non-hydrogen) atoms. The molecule has 0 saturated heterocycles. The quantitative estimate of drug-likeness (QED) is 0.235. The third-order valence-electron chi connectivity index (χ3n) is 0. The van der Waals surface area contributed by atoms with Crippen molar-refractivity contribution in [3.05, 3.63) is 0 Å². The fourth-order valence-corrected chi connectivity index (χ4v) is 0. The molecule has 0 aliphatic carbocycles. The molecule has 89 valence electrons. The summed E-state index contributed by atoms with van der Waals surface area (Å²) in [5, 5.41) is 0. The molecule has 12 N–H and O–H groups in total. The van der Waals surface area contributed by atoms with Crippen LogP contribution in [0.25, 0.3) is 0 Å². The van der Waals surface area contributed by atoms with Gasteiger partial charge in [0, 0.05) is 10.4 Å². The molecule has 12 heteroatoms. The molecule has 0 aliphatic rings. The summed E-state index contributed by atoms with van der Waals surface area (Å²) in [6.07, 6.45) is 0. The summed E-state index contributed by atoms with van der Waals surface area (Å²) in [5.74, 6) is 0. The molecule has 0 aromatic heterocycles. The maximum Gasteiger partial charge on any atom is 2.00 e. The standard InChI is InChI=1S/Cu.H2O4S.6H2O/c;1-5(2,3)4;;;;;;/h;(H2,1,2,3,4);6*1H2/q+2;;;;;;;/p-2. The monoisotopic (exact) mass is 267 g/mol. The first-order valence-electron chi connectivity index (χ1n) is 0.667. The van der Waals surface area contributed by atoms with E-state index < -0.39 is 10.4 Å². The van der Waals surface area contributed by atoms with Crippen molar-refractivity contribution in [1.82, 2.24) is 0 Å². The van der Waals surface area contributed by atoms with Gasteiger partial charge in [0.1, 0.15) is 0 Å². The van der Waals surface area contributed by atoms with Crippen LogP contribution in [-0.2, 0) is 27.5 Å². The van der Waals surface area contributed by atoms with Crippen LogP contribution in [0.4, 0.5) is 0 Å². The van der Waals surface area contributed by atoms with Gasteiger partial charge in [-0.25, -0.2) is 0 Å². The average molecular weight is 268 g/mol. The summed E-state index contributed by atoms with van der Waals surface area (Å²) in [5.41, 5.74) is 0. The van der Waals surface area contributed by atoms with Crippen molar-refractivity contribution in [2.45, 2.75) is 0 Å². The molecule has 0 bridgehead atoms. The Morgan fingerprint density at radius 2 is 0.667 bits per heavy atom. The van der Waals surface area contributed by atoms with Gasteiger partial charge in [-0.2, -0.15) is 0 Å². The van der Waals surface area contributed by atoms with Gasteiger partial charge in [0.25, 0.3) is 0 Å². The normalized spacial score (nSPS) is 4.83. The SMILES string of the molecule is O.O.O.O.O.O.O=S(=O)([O-])[O-].[Cu+2]. The largest absolute Gasteiger partial charge is 2.00 e. The molecule has 0 atom stereocenters. The molecule has 0 heterocycles. The Balaban J connectivity index is -0.00000000381. The maximum atomic E-state index is 8.52. The van der Waals surface area contributed by atoms with Crippen molar-refractivity contribution in [3.8, 4) is 0 Å². The molecule has 0 aliphatic heterocycles. The van der Waals surface area contributed by atoms with Crippen molar-refractivity contribution in [2.24, 2.45) is 0 Å². The Bertz CT molecular complexity index is 93.0. The fraction of sp³-hybridized carbons (Fsp3) is 0. The zero-order valence-corrected chi connectivity index (χ0v) is 7.10. The van der Waals surface area contributed by atoms with Crippen molar-refractivity contribution in [3.63, 3.8) is 0 Å². The van der Waals surface area contributed by atoms with Gasteiger partial charge in [-0.3, -0.25) is 8.42 Å². The maximum absolute atomic E-state index is 8.52. The molecule has 0 unspecified atom stereocenters. The molecule has 0 saturated carbocycles. The van der Waals surface area contributed by atoms with Crippen molar-refractivity contribution in [2.75, 3.05) is 0 Å². The second kappa shape index (κ2) is 30.4. The third-order valence-corrected chi connectivity index (χ3v) is 0. The van der Waals surface area contributed by atoms with Gasteiger partial charge in [0.05, 0.1) is 0 Å². The smallest absolute Gasteiger partial charge is 0.759 e. The molecule has 0 fully saturated rings. The van der Waals surface area contributed by atoms with Crippen LogP contribution in [0.1, 0.15) is 0 Å². The van der Waals surface area contributed by atoms with Crippen LogP contribution in [0.3, 0.4) is 0 Å². The van der Waals surface area contributed by atoms with Crippen LogP contribution < -0.4 is 0 Å². The minimum absolute atomic E-state index is 0. The van der Waals surface area contributed by atoms with Crippen molar-refractivity contribution < 1.29 is 67.4 Å². The van der Waals surface area contributed by atoms with Gasteiger partial charge < -0.3 is 42.0 Å². The number of hydrogen-bond acceptors (Lipinski definition) is 4. The molecule has 0 aromatic carbocycles. The Kier molecular flexibility index (Phi) is 222. The third kappa shape index (κ3) is 38000. The van der Waals surface area contributed by atoms with Crippen LogP contribution in [0.5, 0.6) is 0 Å². The van der Waals surface area contributed by atoms with E-state index in [1.54, 1.807) is 0 Å². The van der Waals surface area contributed by atoms with Crippen LogP contribution >= 0.6 is 0 Å². The summed E-state index contributed by atoms with van der Waals surface area (Å²) in [7, 11) is -5.17. The van der Waals surface area contributed by atoms with Crippen molar-refractivity contribution >= 4 is 10.4 Å². The first-order chi connectivity index (χ1) is 2.00. The molecule has 1 radical (unpaired) electrons. The minimum atomic E-state index is -5.17. The van der Waals surface area contributed by atoms with E-state index in [9.17, 15) is 0 Å². The zero-order valence-electron chi connectivity index (χ0n) is 5.34. The van der Waals surface area contributed by atoms with Crippen LogP contribution in [0.15, 0.2) is 0 Å². The molecular weight excluding hydrogens is 256 g/mol. The molecule has 10 nitrogen and oxygen atoms in total. The molecule has 0 aromatic rings. The number of hydrogen-bond donors (Lipinski definition) is 0. The van der Waals surface area contributed by atoms with E-state index >= 15 is 0 Å². The fourth-order valence-electron chi connectivity index (χ4n) is 0. The summed E-state index contributed by atoms with van der Waals surface area (Å²) >= 11 is 0. The summed E-state index contributed by atoms with van der Waals surface area (Å²) < 4.78 is 34.1. The Labute approximate surface area is 78.5 Å². The van der Waals surface area contributed by atoms with E-state index in [0.29, 0.717) is 0 Å². The predicted octanol–water partition coefficient (Wildman–Crippen LogP) is -6.29. The zero-order chi connectivity index (χ0) is 4.50. The molecular formula is H12CuO10S. The van der Waals surface area contributed by atoms with E-state index in [-0.39, 0.29) is 49.9 Å². The van der Waals surface area contributed by atoms with Gasteiger partial charge in [-0.15, -0.1) is 0 Å². The second-order valence-corrected chi connectivity index (χ2v) is 1.22. The van der Waals surface area contributed by atoms with Crippen LogP contribution in [0.2, 0.25) is 0 Å². The predicted molar refractivity (Wildman–Crippen MR) is 32.2 cm³/mol. The summed E-state index contributed by atoms with van der Waals surface area (Å²) in [6.45, 7) is 0. The van der Waals surface area contributed by atoms with Crippen LogP contribution in [-0.4, -0.2) is 50.4 Å². The van der Waals surface area contributed by atoms with E-state index in [1.807, 2.05) is 0 Å². The second-order valence-electron chi connectivity index (χ2n) is 0.408. The van der Waals surface area contributed by atoms with E-state index in [0.717, 1.165) is 0 Å². The first-order valence-corrected chi connectivity index (χ1v) is 2.00. The van der Waals surface area contributed by atoms with Gasteiger partial charge in [-0.1, -0.05) is 0 Å². The molecule has 0 spiro atoms. The number of rotatable bonds is 0. The van der Waals surface area contributed by atoms with E-state index in [1.165, 1.54) is 0 Å². The van der Waals surface area contributed by atoms with E-state index in [4.69, 9.17) is 17.5 Å². The first kappa shape index (κ1) is 87.7. The van der Waals surface area contributed by atoms with Crippen LogP contribution in [0, 0.1) is 0 Å². The Morgan fingerprint density at radius 3 is 0.667 bits per heavy atom. The minimum Gasteiger partial charge on any atom is -0.759 e. The topological polar surface area (TPSA) is 269 Å². The van der Waals surface area contributed by atoms with Gasteiger partial charge >= 0.3 is 17.1 Å². The summed E-state index contributed by atoms with van der Waals surface area (Å²) in [4.78, 5) is 0. The Morgan fingerprint density at radius 1 is 0.667 bits per heavy atom. The summed E-state index contributed by atoms with van der Waals surface area (Å²) in [6, 6.07) is 0. The van der Waals surface area contributed by atoms with Gasteiger partial charge in [-0.05, 0) is 0 Å². The van der Waals surface area contributed by atoms with E-state index in [2.05, 4.69) is 0 Å². The van der Waals surface area contributed by atoms with Gasteiger partial charge in [0.2, 0.25) is 0 Å². The van der Waals surface area contributed by atoms with Gasteiger partial charge in [0.15, 0.2) is 0 Å². The Hall–Kier alpha value is 0.149. The molecule has 0 amide bonds. The van der Waals surface area contributed by atoms with Crippen molar-refractivity contribution in [1.29, 1.82) is 0 Å².